The molecule has 7 nitrogen and oxygen atoms in total. The van der Waals surface area contributed by atoms with Gasteiger partial charge in [-0.25, -0.2) is 4.79 Å². The van der Waals surface area contributed by atoms with Crippen molar-refractivity contribution in [2.45, 2.75) is 33.2 Å². The zero-order chi connectivity index (χ0) is 15.1. The Labute approximate surface area is 118 Å². The number of aryl methyl sites for hydroxylation is 2. The Hall–Kier alpha value is -2.05. The lowest BCUT2D eigenvalue weighted by Gasteiger charge is -2.08. The molecule has 0 radical (unpaired) electrons. The highest BCUT2D eigenvalue weighted by molar-refractivity contribution is 5.73. The Morgan fingerprint density at radius 3 is 2.70 bits per heavy atom. The summed E-state index contributed by atoms with van der Waals surface area (Å²) in [5, 5.41) is 18.4. The predicted molar refractivity (Wildman–Crippen MR) is 74.2 cm³/mol. The van der Waals surface area contributed by atoms with Crippen molar-refractivity contribution < 1.29 is 14.7 Å². The maximum atomic E-state index is 11.5. The lowest BCUT2D eigenvalue weighted by atomic mass is 10.1. The molecule has 1 aromatic rings. The molecule has 1 unspecified atom stereocenters. The Bertz CT molecular complexity index is 470. The van der Waals surface area contributed by atoms with E-state index in [4.69, 9.17) is 5.11 Å². The number of nitrogens with one attached hydrogen (secondary N) is 2. The molecular formula is C13H22N4O3. The van der Waals surface area contributed by atoms with E-state index in [-0.39, 0.29) is 11.9 Å². The lowest BCUT2D eigenvalue weighted by Crippen LogP contribution is -2.35. The number of carbonyl (C=O) groups excluding carboxylic acids is 1. The molecule has 1 aromatic heterocycles. The molecule has 0 bridgehead atoms. The van der Waals surface area contributed by atoms with Gasteiger partial charge in [0.05, 0.1) is 11.6 Å². The highest BCUT2D eigenvalue weighted by atomic mass is 16.4. The van der Waals surface area contributed by atoms with Crippen molar-refractivity contribution in [3.63, 3.8) is 0 Å². The number of carboxylic acids is 1. The van der Waals surface area contributed by atoms with Gasteiger partial charge in [-0.05, 0) is 19.8 Å². The topological polar surface area (TPSA) is 96.3 Å². The van der Waals surface area contributed by atoms with E-state index in [9.17, 15) is 9.59 Å². The highest BCUT2D eigenvalue weighted by Crippen LogP contribution is 2.05. The second kappa shape index (κ2) is 7.52. The quantitative estimate of drug-likeness (QED) is 0.651. The molecule has 0 aliphatic heterocycles. The number of aliphatic carboxylic acids is 1. The zero-order valence-electron chi connectivity index (χ0n) is 12.1. The molecule has 1 rings (SSSR count). The summed E-state index contributed by atoms with van der Waals surface area (Å²) in [4.78, 5) is 22.2. The monoisotopic (exact) mass is 282 g/mol. The van der Waals surface area contributed by atoms with Gasteiger partial charge >= 0.3 is 12.0 Å². The normalized spacial score (nSPS) is 11.9. The first kappa shape index (κ1) is 16.0. The lowest BCUT2D eigenvalue weighted by molar-refractivity contribution is -0.141. The van der Waals surface area contributed by atoms with Gasteiger partial charge in [0.1, 0.15) is 0 Å². The van der Waals surface area contributed by atoms with Gasteiger partial charge in [0.15, 0.2) is 0 Å². The van der Waals surface area contributed by atoms with Crippen molar-refractivity contribution >= 4 is 12.0 Å². The number of aromatic nitrogens is 2. The van der Waals surface area contributed by atoms with E-state index >= 15 is 0 Å². The number of hydrogen-bond acceptors (Lipinski definition) is 3. The molecule has 0 aromatic carbocycles. The molecule has 0 saturated carbocycles. The van der Waals surface area contributed by atoms with E-state index in [1.54, 1.807) is 11.6 Å². The third kappa shape index (κ3) is 5.29. The van der Waals surface area contributed by atoms with Crippen LogP contribution in [0.15, 0.2) is 6.20 Å². The number of urea groups is 1. The van der Waals surface area contributed by atoms with Gasteiger partial charge < -0.3 is 15.7 Å². The Morgan fingerprint density at radius 1 is 1.45 bits per heavy atom. The van der Waals surface area contributed by atoms with Crippen LogP contribution in [0, 0.1) is 12.8 Å². The molecule has 1 heterocycles. The standard InChI is InChI=1S/C13H22N4O3/c1-9(12(18)19)5-4-6-14-13(20)15-7-11-8-17(3)16-10(11)2/h8-9H,4-7H2,1-3H3,(H,18,19)(H2,14,15,20). The van der Waals surface area contributed by atoms with Gasteiger partial charge in [-0.1, -0.05) is 6.92 Å². The molecule has 0 fully saturated rings. The van der Waals surface area contributed by atoms with Crippen LogP contribution in [0.2, 0.25) is 0 Å². The first-order valence-corrected chi connectivity index (χ1v) is 6.63. The second-order valence-corrected chi connectivity index (χ2v) is 4.90. The average molecular weight is 282 g/mol. The number of rotatable bonds is 7. The van der Waals surface area contributed by atoms with Crippen molar-refractivity contribution in [1.29, 1.82) is 0 Å². The van der Waals surface area contributed by atoms with Crippen LogP contribution in [-0.2, 0) is 18.4 Å². The molecule has 1 atom stereocenters. The Morgan fingerprint density at radius 2 is 2.15 bits per heavy atom. The van der Waals surface area contributed by atoms with Gasteiger partial charge in [0.25, 0.3) is 0 Å². The average Bonchev–Trinajstić information content (AvgIpc) is 2.70. The van der Waals surface area contributed by atoms with Crippen LogP contribution in [0.4, 0.5) is 4.79 Å². The van der Waals surface area contributed by atoms with Crippen molar-refractivity contribution in [2.24, 2.45) is 13.0 Å². The molecule has 112 valence electrons. The molecule has 20 heavy (non-hydrogen) atoms. The van der Waals surface area contributed by atoms with E-state index in [0.717, 1.165) is 11.3 Å². The van der Waals surface area contributed by atoms with Gasteiger partial charge in [0.2, 0.25) is 0 Å². The smallest absolute Gasteiger partial charge is 0.315 e. The first-order valence-electron chi connectivity index (χ1n) is 6.63. The summed E-state index contributed by atoms with van der Waals surface area (Å²) < 4.78 is 1.71. The summed E-state index contributed by atoms with van der Waals surface area (Å²) >= 11 is 0. The molecular weight excluding hydrogens is 260 g/mol. The SMILES string of the molecule is Cc1nn(C)cc1CNC(=O)NCCCC(C)C(=O)O. The largest absolute Gasteiger partial charge is 0.481 e. The van der Waals surface area contributed by atoms with Crippen LogP contribution in [0.5, 0.6) is 0 Å². The van der Waals surface area contributed by atoms with Crippen molar-refractivity contribution in [3.05, 3.63) is 17.5 Å². The van der Waals surface area contributed by atoms with Crippen LogP contribution in [0.1, 0.15) is 31.0 Å². The van der Waals surface area contributed by atoms with Crippen molar-refractivity contribution in [3.8, 4) is 0 Å². The van der Waals surface area contributed by atoms with Crippen LogP contribution in [0.25, 0.3) is 0 Å². The van der Waals surface area contributed by atoms with Gasteiger partial charge in [-0.3, -0.25) is 9.48 Å². The fraction of sp³-hybridized carbons (Fsp3) is 0.615. The molecule has 7 heteroatoms. The minimum atomic E-state index is -0.804. The highest BCUT2D eigenvalue weighted by Gasteiger charge is 2.10. The molecule has 3 N–H and O–H groups in total. The fourth-order valence-corrected chi connectivity index (χ4v) is 1.79. The molecule has 0 saturated heterocycles. The molecule has 0 aliphatic rings. The number of hydrogen-bond donors (Lipinski definition) is 3. The summed E-state index contributed by atoms with van der Waals surface area (Å²) in [5.41, 5.74) is 1.87. The van der Waals surface area contributed by atoms with E-state index in [1.165, 1.54) is 0 Å². The van der Waals surface area contributed by atoms with Gasteiger partial charge in [0, 0.05) is 31.9 Å². The maximum Gasteiger partial charge on any atom is 0.315 e. The molecule has 2 amide bonds. The summed E-state index contributed by atoms with van der Waals surface area (Å²) in [7, 11) is 1.83. The van der Waals surface area contributed by atoms with Gasteiger partial charge in [-0.15, -0.1) is 0 Å². The maximum absolute atomic E-state index is 11.5. The predicted octanol–water partition coefficient (Wildman–Crippen LogP) is 1.03. The van der Waals surface area contributed by atoms with Crippen molar-refractivity contribution in [1.82, 2.24) is 20.4 Å². The second-order valence-electron chi connectivity index (χ2n) is 4.90. The number of amides is 2. The van der Waals surface area contributed by atoms with Gasteiger partial charge in [-0.2, -0.15) is 5.10 Å². The van der Waals surface area contributed by atoms with Crippen LogP contribution in [-0.4, -0.2) is 33.4 Å². The van der Waals surface area contributed by atoms with E-state index in [2.05, 4.69) is 15.7 Å². The molecule has 0 aliphatic carbocycles. The minimum absolute atomic E-state index is 0.253. The summed E-state index contributed by atoms with van der Waals surface area (Å²) in [6.07, 6.45) is 3.06. The number of carboxylic acid groups (broad SMARTS) is 1. The summed E-state index contributed by atoms with van der Waals surface area (Å²) in [5.74, 6) is -1.18. The summed E-state index contributed by atoms with van der Waals surface area (Å²) in [6, 6.07) is -0.253. The molecule has 0 spiro atoms. The number of carbonyl (C=O) groups is 2. The fourth-order valence-electron chi connectivity index (χ4n) is 1.79. The Balaban J connectivity index is 2.18. The van der Waals surface area contributed by atoms with Crippen LogP contribution < -0.4 is 10.6 Å². The Kier molecular flexibility index (Phi) is 6.02. The third-order valence-electron chi connectivity index (χ3n) is 3.08. The van der Waals surface area contributed by atoms with Crippen LogP contribution in [0.3, 0.4) is 0 Å². The van der Waals surface area contributed by atoms with E-state index < -0.39 is 5.97 Å². The van der Waals surface area contributed by atoms with Crippen LogP contribution >= 0.6 is 0 Å². The minimum Gasteiger partial charge on any atom is -0.481 e. The van der Waals surface area contributed by atoms with E-state index in [1.807, 2.05) is 20.2 Å². The summed E-state index contributed by atoms with van der Waals surface area (Å²) in [6.45, 7) is 4.45. The van der Waals surface area contributed by atoms with E-state index in [0.29, 0.717) is 25.9 Å². The number of nitrogens with zero attached hydrogens (tertiary/aromatic N) is 2. The zero-order valence-corrected chi connectivity index (χ0v) is 12.1. The first-order chi connectivity index (χ1) is 9.40. The third-order valence-corrected chi connectivity index (χ3v) is 3.08. The van der Waals surface area contributed by atoms with Crippen molar-refractivity contribution in [2.75, 3.05) is 6.54 Å².